The van der Waals surface area contributed by atoms with Crippen LogP contribution in [0.5, 0.6) is 0 Å². The fourth-order valence-corrected chi connectivity index (χ4v) is 3.95. The number of nitrogens with zero attached hydrogens (tertiary/aromatic N) is 2. The van der Waals surface area contributed by atoms with Gasteiger partial charge >= 0.3 is 0 Å². The first-order valence-corrected chi connectivity index (χ1v) is 10.0. The number of ether oxygens (including phenoxy) is 1. The Kier molecular flexibility index (Phi) is 5.57. The van der Waals surface area contributed by atoms with Gasteiger partial charge in [0.05, 0.1) is 24.5 Å². The predicted octanol–water partition coefficient (Wildman–Crippen LogP) is 4.69. The number of thiazole rings is 1. The van der Waals surface area contributed by atoms with Crippen molar-refractivity contribution in [1.29, 1.82) is 0 Å². The first-order valence-electron chi connectivity index (χ1n) is 8.75. The molecule has 1 amide bonds. The summed E-state index contributed by atoms with van der Waals surface area (Å²) in [5.74, 6) is -1.16. The molecule has 1 fully saturated rings. The molecule has 0 atom stereocenters. The SMILES string of the molecule is O=C(Nc1ccc(-c2csc(N3CCOCC3)n2)cc1)c1cc(Cl)ccc1F. The second-order valence-electron chi connectivity index (χ2n) is 6.27. The number of morpholine rings is 1. The molecule has 0 spiro atoms. The third kappa shape index (κ3) is 4.16. The van der Waals surface area contributed by atoms with Crippen LogP contribution in [0.1, 0.15) is 10.4 Å². The fraction of sp³-hybridized carbons (Fsp3) is 0.200. The maximum atomic E-state index is 13.8. The molecule has 0 aliphatic carbocycles. The quantitative estimate of drug-likeness (QED) is 0.669. The van der Waals surface area contributed by atoms with Crippen molar-refractivity contribution in [2.75, 3.05) is 36.5 Å². The zero-order valence-electron chi connectivity index (χ0n) is 14.8. The van der Waals surface area contributed by atoms with Gasteiger partial charge in [-0.25, -0.2) is 9.37 Å². The van der Waals surface area contributed by atoms with Gasteiger partial charge in [0.25, 0.3) is 5.91 Å². The third-order valence-electron chi connectivity index (χ3n) is 4.39. The zero-order chi connectivity index (χ0) is 19.5. The van der Waals surface area contributed by atoms with Crippen LogP contribution in [0, 0.1) is 5.82 Å². The highest BCUT2D eigenvalue weighted by Crippen LogP contribution is 2.29. The Hall–Kier alpha value is -2.48. The number of anilines is 2. The number of amides is 1. The van der Waals surface area contributed by atoms with Crippen LogP contribution in [0.2, 0.25) is 5.02 Å². The largest absolute Gasteiger partial charge is 0.378 e. The Morgan fingerprint density at radius 3 is 2.68 bits per heavy atom. The smallest absolute Gasteiger partial charge is 0.258 e. The normalized spacial score (nSPS) is 14.1. The average molecular weight is 418 g/mol. The summed E-state index contributed by atoms with van der Waals surface area (Å²) in [4.78, 5) is 19.2. The molecule has 144 valence electrons. The highest BCUT2D eigenvalue weighted by Gasteiger charge is 2.16. The van der Waals surface area contributed by atoms with Gasteiger partial charge in [-0.1, -0.05) is 23.7 Å². The molecule has 8 heteroatoms. The van der Waals surface area contributed by atoms with Crippen molar-refractivity contribution in [3.05, 3.63) is 64.2 Å². The Bertz CT molecular complexity index is 987. The van der Waals surface area contributed by atoms with Crippen LogP contribution in [-0.2, 0) is 4.74 Å². The molecule has 1 aliphatic heterocycles. The summed E-state index contributed by atoms with van der Waals surface area (Å²) < 4.78 is 19.2. The molecule has 1 N–H and O–H groups in total. The Balaban J connectivity index is 1.46. The Morgan fingerprint density at radius 2 is 1.93 bits per heavy atom. The molecule has 0 bridgehead atoms. The van der Waals surface area contributed by atoms with Crippen LogP contribution in [0.15, 0.2) is 47.8 Å². The highest BCUT2D eigenvalue weighted by molar-refractivity contribution is 7.14. The van der Waals surface area contributed by atoms with Crippen LogP contribution < -0.4 is 10.2 Å². The van der Waals surface area contributed by atoms with E-state index in [2.05, 4.69) is 10.2 Å². The molecule has 2 heterocycles. The lowest BCUT2D eigenvalue weighted by Crippen LogP contribution is -2.36. The molecule has 0 radical (unpaired) electrons. The van der Waals surface area contributed by atoms with E-state index in [1.54, 1.807) is 23.5 Å². The molecule has 28 heavy (non-hydrogen) atoms. The van der Waals surface area contributed by atoms with Gasteiger partial charge < -0.3 is 15.0 Å². The molecule has 0 unspecified atom stereocenters. The van der Waals surface area contributed by atoms with Gasteiger partial charge in [0.2, 0.25) is 0 Å². The molecular formula is C20H17ClFN3O2S. The number of carbonyl (C=O) groups excluding carboxylic acids is 1. The molecule has 1 aliphatic rings. The molecule has 1 saturated heterocycles. The van der Waals surface area contributed by atoms with Crippen LogP contribution in [0.3, 0.4) is 0 Å². The number of hydrogen-bond donors (Lipinski definition) is 1. The van der Waals surface area contributed by atoms with E-state index in [0.717, 1.165) is 42.7 Å². The zero-order valence-corrected chi connectivity index (χ0v) is 16.4. The van der Waals surface area contributed by atoms with Crippen molar-refractivity contribution in [2.45, 2.75) is 0 Å². The van der Waals surface area contributed by atoms with E-state index < -0.39 is 11.7 Å². The van der Waals surface area contributed by atoms with E-state index in [1.807, 2.05) is 17.5 Å². The van der Waals surface area contributed by atoms with E-state index in [-0.39, 0.29) is 5.56 Å². The lowest BCUT2D eigenvalue weighted by atomic mass is 10.1. The summed E-state index contributed by atoms with van der Waals surface area (Å²) in [5.41, 5.74) is 2.30. The third-order valence-corrected chi connectivity index (χ3v) is 5.52. The minimum absolute atomic E-state index is 0.0915. The standard InChI is InChI=1S/C20H17ClFN3O2S/c21-14-3-6-17(22)16(11-14)19(26)23-15-4-1-13(2-5-15)18-12-28-20(24-18)25-7-9-27-10-8-25/h1-6,11-12H,7-10H2,(H,23,26). The summed E-state index contributed by atoms with van der Waals surface area (Å²) >= 11 is 7.45. The number of aromatic nitrogens is 1. The summed E-state index contributed by atoms with van der Waals surface area (Å²) in [6, 6.07) is 11.2. The van der Waals surface area contributed by atoms with Crippen molar-refractivity contribution >= 4 is 39.7 Å². The summed E-state index contributed by atoms with van der Waals surface area (Å²) in [6.45, 7) is 3.13. The van der Waals surface area contributed by atoms with Gasteiger partial charge in [0.15, 0.2) is 5.13 Å². The highest BCUT2D eigenvalue weighted by atomic mass is 35.5. The second kappa shape index (κ2) is 8.26. The van der Waals surface area contributed by atoms with Crippen molar-refractivity contribution in [1.82, 2.24) is 4.98 Å². The van der Waals surface area contributed by atoms with Gasteiger partial charge in [0, 0.05) is 34.7 Å². The topological polar surface area (TPSA) is 54.5 Å². The van der Waals surface area contributed by atoms with Gasteiger partial charge in [-0.15, -0.1) is 11.3 Å². The van der Waals surface area contributed by atoms with Crippen molar-refractivity contribution in [2.24, 2.45) is 0 Å². The minimum Gasteiger partial charge on any atom is -0.378 e. The summed E-state index contributed by atoms with van der Waals surface area (Å²) in [6.07, 6.45) is 0. The van der Waals surface area contributed by atoms with Gasteiger partial charge in [-0.05, 0) is 30.3 Å². The second-order valence-corrected chi connectivity index (χ2v) is 7.54. The first kappa shape index (κ1) is 18.9. The monoisotopic (exact) mass is 417 g/mol. The first-order chi connectivity index (χ1) is 13.6. The molecular weight excluding hydrogens is 401 g/mol. The van der Waals surface area contributed by atoms with E-state index in [0.29, 0.717) is 10.7 Å². The maximum Gasteiger partial charge on any atom is 0.258 e. The van der Waals surface area contributed by atoms with Crippen LogP contribution in [-0.4, -0.2) is 37.2 Å². The number of carbonyl (C=O) groups is 1. The lowest BCUT2D eigenvalue weighted by Gasteiger charge is -2.26. The lowest BCUT2D eigenvalue weighted by molar-refractivity contribution is 0.102. The Labute approximate surface area is 170 Å². The number of benzene rings is 2. The van der Waals surface area contributed by atoms with Gasteiger partial charge in [-0.3, -0.25) is 4.79 Å². The van der Waals surface area contributed by atoms with E-state index >= 15 is 0 Å². The molecule has 3 aromatic rings. The number of halogens is 2. The van der Waals surface area contributed by atoms with Crippen molar-refractivity contribution in [3.63, 3.8) is 0 Å². The average Bonchev–Trinajstić information content (AvgIpc) is 3.21. The Morgan fingerprint density at radius 1 is 1.18 bits per heavy atom. The molecule has 5 nitrogen and oxygen atoms in total. The van der Waals surface area contributed by atoms with E-state index in [1.165, 1.54) is 18.2 Å². The molecule has 0 saturated carbocycles. The molecule has 1 aromatic heterocycles. The fourth-order valence-electron chi connectivity index (χ4n) is 2.89. The summed E-state index contributed by atoms with van der Waals surface area (Å²) in [5, 5.41) is 5.98. The molecule has 2 aromatic carbocycles. The number of hydrogen-bond acceptors (Lipinski definition) is 5. The predicted molar refractivity (Wildman–Crippen MR) is 110 cm³/mol. The number of nitrogens with one attached hydrogen (secondary N) is 1. The summed E-state index contributed by atoms with van der Waals surface area (Å²) in [7, 11) is 0. The maximum absolute atomic E-state index is 13.8. The van der Waals surface area contributed by atoms with Gasteiger partial charge in [0.1, 0.15) is 5.82 Å². The van der Waals surface area contributed by atoms with Gasteiger partial charge in [-0.2, -0.15) is 0 Å². The van der Waals surface area contributed by atoms with Crippen molar-refractivity contribution < 1.29 is 13.9 Å². The van der Waals surface area contributed by atoms with E-state index in [9.17, 15) is 9.18 Å². The van der Waals surface area contributed by atoms with Crippen molar-refractivity contribution in [3.8, 4) is 11.3 Å². The minimum atomic E-state index is -0.614. The van der Waals surface area contributed by atoms with Crippen LogP contribution >= 0.6 is 22.9 Å². The number of rotatable bonds is 4. The molecule has 4 rings (SSSR count). The van der Waals surface area contributed by atoms with E-state index in [4.69, 9.17) is 21.3 Å². The van der Waals surface area contributed by atoms with Crippen LogP contribution in [0.4, 0.5) is 15.2 Å². The van der Waals surface area contributed by atoms with Crippen LogP contribution in [0.25, 0.3) is 11.3 Å².